The summed E-state index contributed by atoms with van der Waals surface area (Å²) in [6.45, 7) is 1.94. The molecule has 1 aliphatic carbocycles. The summed E-state index contributed by atoms with van der Waals surface area (Å²) in [5.74, 6) is -2.56. The quantitative estimate of drug-likeness (QED) is 0.745. The van der Waals surface area contributed by atoms with Crippen LogP contribution in [0.3, 0.4) is 0 Å². The zero-order valence-electron chi connectivity index (χ0n) is 7.84. The van der Waals surface area contributed by atoms with Crippen molar-refractivity contribution in [2.45, 2.75) is 19.3 Å². The van der Waals surface area contributed by atoms with Gasteiger partial charge in [-0.3, -0.25) is 4.98 Å². The van der Waals surface area contributed by atoms with Gasteiger partial charge in [-0.1, -0.05) is 0 Å². The second-order valence-electron chi connectivity index (χ2n) is 3.61. The Kier molecular flexibility index (Phi) is 2.13. The number of rotatable bonds is 3. The van der Waals surface area contributed by atoms with E-state index in [1.54, 1.807) is 18.3 Å². The number of hydrogen-bond donors (Lipinski definition) is 0. The van der Waals surface area contributed by atoms with Gasteiger partial charge in [0.05, 0.1) is 18.7 Å². The molecule has 2 rings (SSSR count). The van der Waals surface area contributed by atoms with Crippen LogP contribution in [-0.4, -0.2) is 17.5 Å². The van der Waals surface area contributed by atoms with E-state index in [9.17, 15) is 8.78 Å². The molecule has 0 aliphatic heterocycles. The lowest BCUT2D eigenvalue weighted by Crippen LogP contribution is -2.05. The number of hydrogen-bond acceptors (Lipinski definition) is 2. The van der Waals surface area contributed by atoms with Crippen molar-refractivity contribution in [1.29, 1.82) is 0 Å². The van der Waals surface area contributed by atoms with Crippen molar-refractivity contribution in [3.8, 4) is 5.75 Å². The summed E-state index contributed by atoms with van der Waals surface area (Å²) in [6.07, 6.45) is 1.50. The molecular weight excluding hydrogens is 188 g/mol. The van der Waals surface area contributed by atoms with Crippen molar-refractivity contribution in [2.75, 3.05) is 6.61 Å². The monoisotopic (exact) mass is 199 g/mol. The van der Waals surface area contributed by atoms with Gasteiger partial charge in [0.2, 0.25) is 0 Å². The summed E-state index contributed by atoms with van der Waals surface area (Å²) in [6, 6.07) is 3.53. The summed E-state index contributed by atoms with van der Waals surface area (Å²) >= 11 is 0. The van der Waals surface area contributed by atoms with Gasteiger partial charge in [0, 0.05) is 12.1 Å². The van der Waals surface area contributed by atoms with E-state index < -0.39 is 11.8 Å². The topological polar surface area (TPSA) is 22.1 Å². The summed E-state index contributed by atoms with van der Waals surface area (Å²) < 4.78 is 30.1. The molecule has 0 radical (unpaired) electrons. The largest absolute Gasteiger partial charge is 0.491 e. The van der Waals surface area contributed by atoms with Crippen LogP contribution in [0.15, 0.2) is 18.3 Å². The van der Waals surface area contributed by atoms with Gasteiger partial charge in [-0.2, -0.15) is 0 Å². The third-order valence-electron chi connectivity index (χ3n) is 2.29. The number of nitrogens with zero attached hydrogens (tertiary/aromatic N) is 1. The van der Waals surface area contributed by atoms with Crippen LogP contribution in [-0.2, 0) is 0 Å². The van der Waals surface area contributed by atoms with Gasteiger partial charge >= 0.3 is 0 Å². The van der Waals surface area contributed by atoms with Gasteiger partial charge < -0.3 is 4.74 Å². The molecule has 1 fully saturated rings. The molecule has 76 valence electrons. The van der Waals surface area contributed by atoms with Crippen LogP contribution in [0.4, 0.5) is 8.78 Å². The number of ether oxygens (including phenoxy) is 1. The van der Waals surface area contributed by atoms with E-state index in [0.717, 1.165) is 5.69 Å². The van der Waals surface area contributed by atoms with Crippen molar-refractivity contribution in [3.05, 3.63) is 24.0 Å². The number of aryl methyl sites for hydroxylation is 1. The Morgan fingerprint density at radius 3 is 2.79 bits per heavy atom. The number of pyridine rings is 1. The van der Waals surface area contributed by atoms with Crippen LogP contribution in [0.1, 0.15) is 12.1 Å². The lowest BCUT2D eigenvalue weighted by molar-refractivity contribution is 0.0855. The highest BCUT2D eigenvalue weighted by Crippen LogP contribution is 2.48. The molecule has 1 aliphatic rings. The molecule has 2 nitrogen and oxygen atoms in total. The van der Waals surface area contributed by atoms with Crippen molar-refractivity contribution in [2.24, 2.45) is 5.92 Å². The number of halogens is 2. The normalized spacial score (nSPS) is 23.2. The predicted molar refractivity (Wildman–Crippen MR) is 47.5 cm³/mol. The summed E-state index contributed by atoms with van der Waals surface area (Å²) in [5.41, 5.74) is 0.883. The summed E-state index contributed by atoms with van der Waals surface area (Å²) in [7, 11) is 0. The highest BCUT2D eigenvalue weighted by atomic mass is 19.3. The zero-order valence-corrected chi connectivity index (χ0v) is 7.84. The molecule has 1 atom stereocenters. The third-order valence-corrected chi connectivity index (χ3v) is 2.29. The Morgan fingerprint density at radius 2 is 2.29 bits per heavy atom. The van der Waals surface area contributed by atoms with Crippen molar-refractivity contribution in [3.63, 3.8) is 0 Å². The molecular formula is C10H11F2NO. The third kappa shape index (κ3) is 2.00. The van der Waals surface area contributed by atoms with Crippen LogP contribution in [0.2, 0.25) is 0 Å². The predicted octanol–water partition coefficient (Wildman–Crippen LogP) is 2.42. The van der Waals surface area contributed by atoms with Crippen LogP contribution in [0.25, 0.3) is 0 Å². The molecule has 1 aromatic heterocycles. The Morgan fingerprint density at radius 1 is 1.57 bits per heavy atom. The minimum Gasteiger partial charge on any atom is -0.491 e. The van der Waals surface area contributed by atoms with Gasteiger partial charge in [0.25, 0.3) is 5.92 Å². The van der Waals surface area contributed by atoms with Crippen LogP contribution in [0.5, 0.6) is 5.75 Å². The fraction of sp³-hybridized carbons (Fsp3) is 0.500. The average molecular weight is 199 g/mol. The molecule has 0 amide bonds. The molecule has 0 aromatic carbocycles. The SMILES string of the molecule is Cc1ccc(OCC2CC2(F)F)cn1. The van der Waals surface area contributed by atoms with Crippen LogP contribution < -0.4 is 4.74 Å². The van der Waals surface area contributed by atoms with E-state index in [1.807, 2.05) is 6.92 Å². The van der Waals surface area contributed by atoms with Gasteiger partial charge in [-0.25, -0.2) is 8.78 Å². The van der Waals surface area contributed by atoms with Gasteiger partial charge in [0.15, 0.2) is 0 Å². The average Bonchev–Trinajstić information content (AvgIpc) is 2.73. The Hall–Kier alpha value is -1.19. The Balaban J connectivity index is 1.84. The van der Waals surface area contributed by atoms with E-state index in [4.69, 9.17) is 4.74 Å². The van der Waals surface area contributed by atoms with Crippen LogP contribution >= 0.6 is 0 Å². The lowest BCUT2D eigenvalue weighted by atomic mass is 10.4. The molecule has 4 heteroatoms. The van der Waals surface area contributed by atoms with E-state index in [0.29, 0.717) is 5.75 Å². The first-order valence-electron chi connectivity index (χ1n) is 4.51. The second kappa shape index (κ2) is 3.19. The van der Waals surface area contributed by atoms with E-state index in [-0.39, 0.29) is 13.0 Å². The molecule has 1 saturated carbocycles. The second-order valence-corrected chi connectivity index (χ2v) is 3.61. The molecule has 0 saturated heterocycles. The first-order chi connectivity index (χ1) is 6.58. The first-order valence-corrected chi connectivity index (χ1v) is 4.51. The maximum atomic E-state index is 12.5. The molecule has 1 heterocycles. The van der Waals surface area contributed by atoms with Crippen molar-refractivity contribution in [1.82, 2.24) is 4.98 Å². The molecule has 1 unspecified atom stereocenters. The molecule has 0 N–H and O–H groups in total. The summed E-state index contributed by atoms with van der Waals surface area (Å²) in [5, 5.41) is 0. The highest BCUT2D eigenvalue weighted by Gasteiger charge is 2.57. The maximum Gasteiger partial charge on any atom is 0.255 e. The molecule has 0 bridgehead atoms. The van der Waals surface area contributed by atoms with E-state index in [2.05, 4.69) is 4.98 Å². The van der Waals surface area contributed by atoms with Crippen molar-refractivity contribution < 1.29 is 13.5 Å². The highest BCUT2D eigenvalue weighted by molar-refractivity contribution is 5.19. The minimum atomic E-state index is -2.50. The van der Waals surface area contributed by atoms with Gasteiger partial charge in [-0.05, 0) is 19.1 Å². The van der Waals surface area contributed by atoms with Crippen molar-refractivity contribution >= 4 is 0 Å². The standard InChI is InChI=1S/C10H11F2NO/c1-7-2-3-9(5-13-7)14-6-8-4-10(8,11)12/h2-3,5,8H,4,6H2,1H3. The zero-order chi connectivity index (χ0) is 10.2. The van der Waals surface area contributed by atoms with Gasteiger partial charge in [-0.15, -0.1) is 0 Å². The van der Waals surface area contributed by atoms with Crippen LogP contribution in [0, 0.1) is 12.8 Å². The maximum absolute atomic E-state index is 12.5. The molecule has 1 aromatic rings. The smallest absolute Gasteiger partial charge is 0.255 e. The number of aromatic nitrogens is 1. The van der Waals surface area contributed by atoms with E-state index in [1.165, 1.54) is 0 Å². The fourth-order valence-electron chi connectivity index (χ4n) is 1.19. The van der Waals surface area contributed by atoms with Gasteiger partial charge in [0.1, 0.15) is 5.75 Å². The minimum absolute atomic E-state index is 0.0493. The summed E-state index contributed by atoms with van der Waals surface area (Å²) in [4.78, 5) is 4.00. The number of alkyl halides is 2. The lowest BCUT2D eigenvalue weighted by Gasteiger charge is -2.04. The Labute approximate surface area is 80.9 Å². The first kappa shape index (κ1) is 9.37. The fourth-order valence-corrected chi connectivity index (χ4v) is 1.19. The molecule has 0 spiro atoms. The van der Waals surface area contributed by atoms with E-state index >= 15 is 0 Å². The molecule has 14 heavy (non-hydrogen) atoms. The Bertz CT molecular complexity index is 323.